The molecule has 156 valence electrons. The summed E-state index contributed by atoms with van der Waals surface area (Å²) in [6, 6.07) is 0.566. The maximum atomic E-state index is 12.2. The Kier molecular flexibility index (Phi) is 7.37. The van der Waals surface area contributed by atoms with Gasteiger partial charge in [0.2, 0.25) is 0 Å². The molecule has 1 unspecified atom stereocenters. The van der Waals surface area contributed by atoms with Crippen molar-refractivity contribution >= 4 is 12.1 Å². The maximum Gasteiger partial charge on any atom is 0.410 e. The molecule has 2 aliphatic heterocycles. The zero-order valence-electron chi connectivity index (χ0n) is 17.9. The van der Waals surface area contributed by atoms with E-state index in [-0.39, 0.29) is 11.5 Å². The summed E-state index contributed by atoms with van der Waals surface area (Å²) < 4.78 is 5.47. The molecule has 0 aliphatic carbocycles. The van der Waals surface area contributed by atoms with E-state index in [1.165, 1.54) is 19.4 Å². The summed E-state index contributed by atoms with van der Waals surface area (Å²) in [6.07, 6.45) is 4.10. The molecule has 7 heteroatoms. The van der Waals surface area contributed by atoms with Gasteiger partial charge in [-0.3, -0.25) is 9.89 Å². The third-order valence-electron chi connectivity index (χ3n) is 5.68. The van der Waals surface area contributed by atoms with Crippen LogP contribution in [-0.4, -0.2) is 72.8 Å². The number of piperidine rings is 1. The van der Waals surface area contributed by atoms with Crippen molar-refractivity contribution in [1.82, 2.24) is 15.1 Å². The first-order valence-electron chi connectivity index (χ1n) is 10.4. The Morgan fingerprint density at radius 3 is 2.56 bits per heavy atom. The van der Waals surface area contributed by atoms with Crippen molar-refractivity contribution in [2.24, 2.45) is 16.1 Å². The van der Waals surface area contributed by atoms with Crippen LogP contribution < -0.4 is 11.1 Å². The lowest BCUT2D eigenvalue weighted by atomic mass is 9.80. The number of carbonyl (C=O) groups is 1. The van der Waals surface area contributed by atoms with Crippen LogP contribution in [0.3, 0.4) is 0 Å². The largest absolute Gasteiger partial charge is 0.444 e. The van der Waals surface area contributed by atoms with Crippen LogP contribution >= 0.6 is 0 Å². The molecule has 0 aromatic rings. The molecule has 2 aliphatic rings. The number of nitrogens with two attached hydrogens (primary N) is 1. The van der Waals surface area contributed by atoms with Gasteiger partial charge in [-0.2, -0.15) is 0 Å². The zero-order chi connectivity index (χ0) is 20.1. The van der Waals surface area contributed by atoms with Crippen molar-refractivity contribution in [2.75, 3.05) is 39.3 Å². The third kappa shape index (κ3) is 6.87. The molecule has 3 N–H and O–H groups in total. The van der Waals surface area contributed by atoms with Crippen LogP contribution in [0.5, 0.6) is 0 Å². The van der Waals surface area contributed by atoms with Crippen LogP contribution in [0, 0.1) is 5.41 Å². The van der Waals surface area contributed by atoms with Crippen LogP contribution in [0.4, 0.5) is 4.79 Å². The van der Waals surface area contributed by atoms with Gasteiger partial charge in [-0.25, -0.2) is 4.79 Å². The molecule has 1 amide bonds. The normalized spacial score (nSPS) is 24.1. The second-order valence-electron chi connectivity index (χ2n) is 9.29. The second-order valence-corrected chi connectivity index (χ2v) is 9.29. The van der Waals surface area contributed by atoms with Gasteiger partial charge in [0.25, 0.3) is 0 Å². The van der Waals surface area contributed by atoms with E-state index >= 15 is 0 Å². The minimum Gasteiger partial charge on any atom is -0.444 e. The highest BCUT2D eigenvalue weighted by molar-refractivity contribution is 5.77. The van der Waals surface area contributed by atoms with E-state index in [9.17, 15) is 4.79 Å². The quantitative estimate of drug-likeness (QED) is 0.564. The molecule has 2 fully saturated rings. The third-order valence-corrected chi connectivity index (χ3v) is 5.68. The van der Waals surface area contributed by atoms with Crippen molar-refractivity contribution in [2.45, 2.75) is 71.9 Å². The van der Waals surface area contributed by atoms with E-state index in [0.29, 0.717) is 31.6 Å². The molecular formula is C20H39N5O2. The van der Waals surface area contributed by atoms with Gasteiger partial charge in [0, 0.05) is 32.2 Å². The molecule has 1 atom stereocenters. The molecule has 0 saturated carbocycles. The molecule has 27 heavy (non-hydrogen) atoms. The number of likely N-dealkylation sites (tertiary alicyclic amines) is 2. The van der Waals surface area contributed by atoms with Crippen LogP contribution in [0.2, 0.25) is 0 Å². The molecule has 2 saturated heterocycles. The molecule has 0 radical (unpaired) electrons. The van der Waals surface area contributed by atoms with Crippen molar-refractivity contribution < 1.29 is 9.53 Å². The lowest BCUT2D eigenvalue weighted by Crippen LogP contribution is -2.46. The summed E-state index contributed by atoms with van der Waals surface area (Å²) in [4.78, 5) is 21.1. The van der Waals surface area contributed by atoms with Crippen molar-refractivity contribution in [3.8, 4) is 0 Å². The topological polar surface area (TPSA) is 83.2 Å². The summed E-state index contributed by atoms with van der Waals surface area (Å²) in [5, 5.41) is 3.30. The molecule has 0 spiro atoms. The number of ether oxygens (including phenoxy) is 1. The van der Waals surface area contributed by atoms with Crippen LogP contribution in [0.15, 0.2) is 4.99 Å². The number of carbonyl (C=O) groups excluding carboxylic acids is 1. The highest BCUT2D eigenvalue weighted by Gasteiger charge is 2.33. The minimum absolute atomic E-state index is 0.0770. The number of rotatable bonds is 5. The first kappa shape index (κ1) is 21.8. The highest BCUT2D eigenvalue weighted by Crippen LogP contribution is 2.31. The highest BCUT2D eigenvalue weighted by atomic mass is 16.6. The Balaban J connectivity index is 1.75. The number of nitrogens with zero attached hydrogens (tertiary/aromatic N) is 3. The van der Waals surface area contributed by atoms with Crippen LogP contribution in [-0.2, 0) is 4.74 Å². The number of aliphatic imine (C=N–C) groups is 1. The van der Waals surface area contributed by atoms with Gasteiger partial charge in [-0.15, -0.1) is 0 Å². The first-order valence-corrected chi connectivity index (χ1v) is 10.4. The van der Waals surface area contributed by atoms with Gasteiger partial charge in [-0.1, -0.05) is 13.8 Å². The first-order chi connectivity index (χ1) is 12.6. The molecule has 7 nitrogen and oxygen atoms in total. The standard InChI is InChI=1S/C20H39N5O2/c1-6-24-11-7-8-16(24)14-22-17(21)23-15-20(5)9-12-25(13-10-20)18(26)27-19(2,3)4/h16H,6-15H2,1-5H3,(H3,21,22,23). The number of likely N-dealkylation sites (N-methyl/N-ethyl adjacent to an activating group) is 1. The Morgan fingerprint density at radius 1 is 1.30 bits per heavy atom. The summed E-state index contributed by atoms with van der Waals surface area (Å²) in [7, 11) is 0. The van der Waals surface area contributed by atoms with Crippen molar-refractivity contribution in [3.05, 3.63) is 0 Å². The summed E-state index contributed by atoms with van der Waals surface area (Å²) >= 11 is 0. The fourth-order valence-corrected chi connectivity index (χ4v) is 3.81. The molecule has 2 rings (SSSR count). The van der Waals surface area contributed by atoms with Crippen molar-refractivity contribution in [3.63, 3.8) is 0 Å². The Bertz CT molecular complexity index is 521. The predicted octanol–water partition coefficient (Wildman–Crippen LogP) is 2.41. The fourth-order valence-electron chi connectivity index (χ4n) is 3.81. The van der Waals surface area contributed by atoms with E-state index in [4.69, 9.17) is 10.5 Å². The summed E-state index contributed by atoms with van der Waals surface area (Å²) in [5.41, 5.74) is 5.72. The van der Waals surface area contributed by atoms with Gasteiger partial charge in [0.05, 0.1) is 0 Å². The molecule has 0 aromatic heterocycles. The van der Waals surface area contributed by atoms with Gasteiger partial charge >= 0.3 is 6.09 Å². The average Bonchev–Trinajstić information content (AvgIpc) is 3.05. The SMILES string of the molecule is CCN1CCCC1CNC(N)=NCC1(C)CCN(C(=O)OC(C)(C)C)CC1. The van der Waals surface area contributed by atoms with Gasteiger partial charge in [-0.05, 0) is 65.0 Å². The van der Waals surface area contributed by atoms with E-state index in [0.717, 1.165) is 25.9 Å². The number of amides is 1. The second kappa shape index (κ2) is 9.13. The Labute approximate surface area is 164 Å². The Hall–Kier alpha value is -1.50. The maximum absolute atomic E-state index is 12.2. The number of nitrogens with one attached hydrogen (secondary N) is 1. The molecule has 0 bridgehead atoms. The van der Waals surface area contributed by atoms with Gasteiger partial charge in [0.1, 0.15) is 5.60 Å². The monoisotopic (exact) mass is 381 g/mol. The lowest BCUT2D eigenvalue weighted by molar-refractivity contribution is 0.0127. The minimum atomic E-state index is -0.449. The number of hydrogen-bond donors (Lipinski definition) is 2. The van der Waals surface area contributed by atoms with Crippen molar-refractivity contribution in [1.29, 1.82) is 0 Å². The molecular weight excluding hydrogens is 342 g/mol. The van der Waals surface area contributed by atoms with E-state index in [2.05, 4.69) is 29.1 Å². The Morgan fingerprint density at radius 2 is 1.96 bits per heavy atom. The van der Waals surface area contributed by atoms with Crippen LogP contribution in [0.1, 0.15) is 60.3 Å². The number of hydrogen-bond acceptors (Lipinski definition) is 4. The summed E-state index contributed by atoms with van der Waals surface area (Å²) in [6.45, 7) is 15.4. The summed E-state index contributed by atoms with van der Waals surface area (Å²) in [5.74, 6) is 0.536. The average molecular weight is 382 g/mol. The van der Waals surface area contributed by atoms with Gasteiger partial charge in [0.15, 0.2) is 5.96 Å². The van der Waals surface area contributed by atoms with E-state index in [1.807, 2.05) is 20.8 Å². The molecule has 2 heterocycles. The zero-order valence-corrected chi connectivity index (χ0v) is 17.9. The van der Waals surface area contributed by atoms with E-state index < -0.39 is 5.60 Å². The van der Waals surface area contributed by atoms with E-state index in [1.54, 1.807) is 4.90 Å². The smallest absolute Gasteiger partial charge is 0.410 e. The predicted molar refractivity (Wildman–Crippen MR) is 110 cm³/mol. The lowest BCUT2D eigenvalue weighted by Gasteiger charge is -2.39. The number of guanidine groups is 1. The fraction of sp³-hybridized carbons (Fsp3) is 0.900. The molecule has 0 aromatic carbocycles. The van der Waals surface area contributed by atoms with Gasteiger partial charge < -0.3 is 20.7 Å². The van der Waals surface area contributed by atoms with Crippen LogP contribution in [0.25, 0.3) is 0 Å².